The second-order valence-corrected chi connectivity index (χ2v) is 4.13. The van der Waals surface area contributed by atoms with Gasteiger partial charge in [0.25, 0.3) is 0 Å². The molecule has 74 valence electrons. The first kappa shape index (κ1) is 8.97. The van der Waals surface area contributed by atoms with Gasteiger partial charge in [-0.1, -0.05) is 0 Å². The first-order valence-electron chi connectivity index (χ1n) is 4.62. The van der Waals surface area contributed by atoms with E-state index in [9.17, 15) is 9.90 Å². The molecular formula is C9H15NO3. The van der Waals surface area contributed by atoms with E-state index in [2.05, 4.69) is 0 Å². The lowest BCUT2D eigenvalue weighted by Crippen LogP contribution is -2.35. The summed E-state index contributed by atoms with van der Waals surface area (Å²) in [5, 5.41) is 9.31. The summed E-state index contributed by atoms with van der Waals surface area (Å²) >= 11 is 0. The Morgan fingerprint density at radius 3 is 3.08 bits per heavy atom. The standard InChI is InChI=1S/C9H15NO3/c1-7(12)10-2-8-3-13-6-9(8,4-10)5-11/h8,11H,2-6H2,1H3. The number of aliphatic hydroxyl groups excluding tert-OH is 1. The highest BCUT2D eigenvalue weighted by Gasteiger charge is 2.50. The van der Waals surface area contributed by atoms with Crippen molar-refractivity contribution in [2.45, 2.75) is 6.92 Å². The molecule has 4 nitrogen and oxygen atoms in total. The van der Waals surface area contributed by atoms with Gasteiger partial charge in [0.05, 0.1) is 19.8 Å². The van der Waals surface area contributed by atoms with Crippen molar-refractivity contribution in [2.75, 3.05) is 32.9 Å². The highest BCUT2D eigenvalue weighted by atomic mass is 16.5. The molecule has 4 heteroatoms. The quantitative estimate of drug-likeness (QED) is 0.597. The average molecular weight is 185 g/mol. The molecule has 1 N–H and O–H groups in total. The van der Waals surface area contributed by atoms with Crippen LogP contribution in [0.25, 0.3) is 0 Å². The van der Waals surface area contributed by atoms with Crippen LogP contribution in [0.1, 0.15) is 6.92 Å². The highest BCUT2D eigenvalue weighted by molar-refractivity contribution is 5.73. The summed E-state index contributed by atoms with van der Waals surface area (Å²) in [6.45, 7) is 4.39. The number of carbonyl (C=O) groups is 1. The molecule has 1 amide bonds. The maximum absolute atomic E-state index is 11.1. The van der Waals surface area contributed by atoms with Crippen molar-refractivity contribution in [3.63, 3.8) is 0 Å². The van der Waals surface area contributed by atoms with Crippen LogP contribution >= 0.6 is 0 Å². The molecule has 0 bridgehead atoms. The SMILES string of the molecule is CC(=O)N1CC2COCC2(CO)C1. The molecule has 2 heterocycles. The summed E-state index contributed by atoms with van der Waals surface area (Å²) in [5.74, 6) is 0.434. The molecule has 0 aromatic carbocycles. The molecule has 2 aliphatic rings. The Labute approximate surface area is 77.5 Å². The zero-order valence-corrected chi connectivity index (χ0v) is 7.82. The third-order valence-electron chi connectivity index (χ3n) is 3.28. The normalized spacial score (nSPS) is 38.0. The van der Waals surface area contributed by atoms with E-state index in [-0.39, 0.29) is 17.9 Å². The van der Waals surface area contributed by atoms with Crippen LogP contribution in [-0.4, -0.2) is 48.8 Å². The first-order chi connectivity index (χ1) is 6.18. The maximum atomic E-state index is 11.1. The van der Waals surface area contributed by atoms with E-state index in [4.69, 9.17) is 4.74 Å². The fourth-order valence-electron chi connectivity index (χ4n) is 2.30. The molecule has 0 saturated carbocycles. The minimum absolute atomic E-state index is 0.0993. The predicted octanol–water partition coefficient (Wildman–Crippen LogP) is -0.526. The monoisotopic (exact) mass is 185 g/mol. The van der Waals surface area contributed by atoms with Gasteiger partial charge in [0, 0.05) is 31.3 Å². The zero-order chi connectivity index (χ0) is 9.47. The minimum Gasteiger partial charge on any atom is -0.396 e. The van der Waals surface area contributed by atoms with Crippen LogP contribution in [0.3, 0.4) is 0 Å². The fraction of sp³-hybridized carbons (Fsp3) is 0.889. The molecule has 0 aromatic rings. The van der Waals surface area contributed by atoms with Gasteiger partial charge in [0.15, 0.2) is 0 Å². The van der Waals surface area contributed by atoms with E-state index in [1.165, 1.54) is 0 Å². The summed E-state index contributed by atoms with van der Waals surface area (Å²) in [5.41, 5.74) is -0.161. The molecule has 0 aromatic heterocycles. The molecule has 0 radical (unpaired) electrons. The molecule has 2 rings (SSSR count). The molecule has 2 aliphatic heterocycles. The van der Waals surface area contributed by atoms with E-state index in [1.807, 2.05) is 4.90 Å². The third-order valence-corrected chi connectivity index (χ3v) is 3.28. The minimum atomic E-state index is -0.161. The van der Waals surface area contributed by atoms with Crippen LogP contribution in [-0.2, 0) is 9.53 Å². The van der Waals surface area contributed by atoms with Gasteiger partial charge < -0.3 is 14.7 Å². The molecule has 2 atom stereocenters. The Morgan fingerprint density at radius 1 is 1.77 bits per heavy atom. The second kappa shape index (κ2) is 2.96. The van der Waals surface area contributed by atoms with Crippen molar-refractivity contribution in [3.05, 3.63) is 0 Å². The van der Waals surface area contributed by atoms with Gasteiger partial charge in [-0.05, 0) is 0 Å². The van der Waals surface area contributed by atoms with Crippen LogP contribution < -0.4 is 0 Å². The van der Waals surface area contributed by atoms with Gasteiger partial charge >= 0.3 is 0 Å². The molecule has 2 unspecified atom stereocenters. The molecule has 2 fully saturated rings. The second-order valence-electron chi connectivity index (χ2n) is 4.13. The van der Waals surface area contributed by atoms with Crippen molar-refractivity contribution >= 4 is 5.91 Å². The molecular weight excluding hydrogens is 170 g/mol. The van der Waals surface area contributed by atoms with Gasteiger partial charge in [0.1, 0.15) is 0 Å². The number of carbonyl (C=O) groups excluding carboxylic acids is 1. The maximum Gasteiger partial charge on any atom is 0.219 e. The summed E-state index contributed by atoms with van der Waals surface area (Å²) in [6.07, 6.45) is 0. The summed E-state index contributed by atoms with van der Waals surface area (Å²) in [6, 6.07) is 0. The smallest absolute Gasteiger partial charge is 0.219 e. The van der Waals surface area contributed by atoms with Gasteiger partial charge in [-0.15, -0.1) is 0 Å². The largest absolute Gasteiger partial charge is 0.396 e. The van der Waals surface area contributed by atoms with Crippen LogP contribution in [0, 0.1) is 11.3 Å². The van der Waals surface area contributed by atoms with Gasteiger partial charge in [0.2, 0.25) is 5.91 Å². The molecule has 2 saturated heterocycles. The number of rotatable bonds is 1. The average Bonchev–Trinajstić information content (AvgIpc) is 2.58. The Bertz CT molecular complexity index is 231. The number of hydrogen-bond donors (Lipinski definition) is 1. The van der Waals surface area contributed by atoms with E-state index >= 15 is 0 Å². The van der Waals surface area contributed by atoms with Crippen molar-refractivity contribution in [3.8, 4) is 0 Å². The highest BCUT2D eigenvalue weighted by Crippen LogP contribution is 2.40. The summed E-state index contributed by atoms with van der Waals surface area (Å²) in [7, 11) is 0. The number of fused-ring (bicyclic) bond motifs is 1. The molecule has 13 heavy (non-hydrogen) atoms. The van der Waals surface area contributed by atoms with Crippen molar-refractivity contribution in [2.24, 2.45) is 11.3 Å². The molecule has 0 aliphatic carbocycles. The van der Waals surface area contributed by atoms with Gasteiger partial charge in [-0.25, -0.2) is 0 Å². The lowest BCUT2D eigenvalue weighted by atomic mass is 9.82. The molecule has 0 spiro atoms. The Kier molecular flexibility index (Phi) is 2.04. The summed E-state index contributed by atoms with van der Waals surface area (Å²) < 4.78 is 5.34. The van der Waals surface area contributed by atoms with Crippen LogP contribution in [0.5, 0.6) is 0 Å². The van der Waals surface area contributed by atoms with Crippen molar-refractivity contribution in [1.29, 1.82) is 0 Å². The lowest BCUT2D eigenvalue weighted by Gasteiger charge is -2.23. The van der Waals surface area contributed by atoms with Crippen LogP contribution in [0.15, 0.2) is 0 Å². The summed E-state index contributed by atoms with van der Waals surface area (Å²) in [4.78, 5) is 12.9. The van der Waals surface area contributed by atoms with Crippen molar-refractivity contribution < 1.29 is 14.6 Å². The van der Waals surface area contributed by atoms with Crippen LogP contribution in [0.4, 0.5) is 0 Å². The number of hydrogen-bond acceptors (Lipinski definition) is 3. The number of likely N-dealkylation sites (tertiary alicyclic amines) is 1. The van der Waals surface area contributed by atoms with Gasteiger partial charge in [-0.3, -0.25) is 4.79 Å². The Morgan fingerprint density at radius 2 is 2.54 bits per heavy atom. The van der Waals surface area contributed by atoms with E-state index in [0.29, 0.717) is 25.7 Å². The third kappa shape index (κ3) is 1.25. The van der Waals surface area contributed by atoms with E-state index < -0.39 is 0 Å². The van der Waals surface area contributed by atoms with Crippen molar-refractivity contribution in [1.82, 2.24) is 4.90 Å². The lowest BCUT2D eigenvalue weighted by molar-refractivity contribution is -0.128. The first-order valence-corrected chi connectivity index (χ1v) is 4.62. The number of nitrogens with zero attached hydrogens (tertiary/aromatic N) is 1. The number of amides is 1. The Hall–Kier alpha value is -0.610. The van der Waals surface area contributed by atoms with E-state index in [0.717, 1.165) is 6.54 Å². The Balaban J connectivity index is 2.13. The predicted molar refractivity (Wildman–Crippen MR) is 46.1 cm³/mol. The van der Waals surface area contributed by atoms with Crippen LogP contribution in [0.2, 0.25) is 0 Å². The zero-order valence-electron chi connectivity index (χ0n) is 7.82. The topological polar surface area (TPSA) is 49.8 Å². The number of aliphatic hydroxyl groups is 1. The number of ether oxygens (including phenoxy) is 1. The fourth-order valence-corrected chi connectivity index (χ4v) is 2.30. The van der Waals surface area contributed by atoms with Gasteiger partial charge in [-0.2, -0.15) is 0 Å². The van der Waals surface area contributed by atoms with E-state index in [1.54, 1.807) is 6.92 Å².